The van der Waals surface area contributed by atoms with E-state index in [1.165, 1.54) is 0 Å². The molecule has 1 saturated heterocycles. The molecule has 102 valence electrons. The van der Waals surface area contributed by atoms with Gasteiger partial charge in [-0.15, -0.1) is 0 Å². The molecule has 1 aliphatic rings. The maximum absolute atomic E-state index is 13.2. The number of nitrogens with zero attached hydrogens (tertiary/aromatic N) is 2. The minimum Gasteiger partial charge on any atom is -0.381 e. The van der Waals surface area contributed by atoms with E-state index < -0.39 is 6.17 Å². The average Bonchev–Trinajstić information content (AvgIpc) is 2.85. The monoisotopic (exact) mass is 262 g/mol. The summed E-state index contributed by atoms with van der Waals surface area (Å²) in [5.74, 6) is 0. The molecule has 1 heterocycles. The second-order valence-electron chi connectivity index (χ2n) is 4.74. The number of benzene rings is 1. The van der Waals surface area contributed by atoms with Gasteiger partial charge in [0.2, 0.25) is 0 Å². The molecule has 19 heavy (non-hydrogen) atoms. The number of ether oxygens (including phenoxy) is 1. The van der Waals surface area contributed by atoms with Crippen molar-refractivity contribution < 1.29 is 9.13 Å². The van der Waals surface area contributed by atoms with Crippen LogP contribution in [0.3, 0.4) is 0 Å². The largest absolute Gasteiger partial charge is 0.381 e. The SMILES string of the molecule is CCOCCc1ccc(N2CC[C@H](F)C2)c(C#N)c1. The molecule has 0 bridgehead atoms. The van der Waals surface area contributed by atoms with E-state index in [4.69, 9.17) is 4.74 Å². The summed E-state index contributed by atoms with van der Waals surface area (Å²) in [6, 6.07) is 8.03. The van der Waals surface area contributed by atoms with Crippen LogP contribution in [0.1, 0.15) is 24.5 Å². The Kier molecular flexibility index (Phi) is 4.75. The molecule has 0 unspecified atom stereocenters. The fraction of sp³-hybridized carbons (Fsp3) is 0.533. The zero-order valence-corrected chi connectivity index (χ0v) is 11.2. The van der Waals surface area contributed by atoms with Crippen LogP contribution in [0, 0.1) is 11.3 Å². The Morgan fingerprint density at radius 1 is 1.53 bits per heavy atom. The maximum Gasteiger partial charge on any atom is 0.119 e. The van der Waals surface area contributed by atoms with E-state index >= 15 is 0 Å². The molecular weight excluding hydrogens is 243 g/mol. The number of anilines is 1. The molecule has 0 aromatic heterocycles. The summed E-state index contributed by atoms with van der Waals surface area (Å²) in [4.78, 5) is 1.95. The van der Waals surface area contributed by atoms with Gasteiger partial charge < -0.3 is 9.64 Å². The van der Waals surface area contributed by atoms with Crippen LogP contribution in [-0.4, -0.2) is 32.5 Å². The van der Waals surface area contributed by atoms with Gasteiger partial charge in [-0.05, 0) is 37.5 Å². The highest BCUT2D eigenvalue weighted by molar-refractivity contribution is 5.61. The topological polar surface area (TPSA) is 36.3 Å². The lowest BCUT2D eigenvalue weighted by Gasteiger charge is -2.19. The fourth-order valence-electron chi connectivity index (χ4n) is 2.37. The molecule has 0 saturated carbocycles. The summed E-state index contributed by atoms with van der Waals surface area (Å²) >= 11 is 0. The molecule has 0 radical (unpaired) electrons. The zero-order chi connectivity index (χ0) is 13.7. The third-order valence-corrected chi connectivity index (χ3v) is 3.39. The minimum absolute atomic E-state index is 0.396. The standard InChI is InChI=1S/C15H19FN2O/c1-2-19-8-6-12-3-4-15(13(9-12)10-17)18-7-5-14(16)11-18/h3-4,9,14H,2,5-8,11H2,1H3/t14-/m0/s1. The molecular formula is C15H19FN2O. The van der Waals surface area contributed by atoms with Crippen LogP contribution in [-0.2, 0) is 11.2 Å². The van der Waals surface area contributed by atoms with Crippen molar-refractivity contribution in [3.63, 3.8) is 0 Å². The Morgan fingerprint density at radius 2 is 2.37 bits per heavy atom. The van der Waals surface area contributed by atoms with Crippen molar-refractivity contribution in [1.82, 2.24) is 0 Å². The van der Waals surface area contributed by atoms with Crippen molar-refractivity contribution >= 4 is 5.69 Å². The Morgan fingerprint density at radius 3 is 3.00 bits per heavy atom. The first-order valence-electron chi connectivity index (χ1n) is 6.74. The van der Waals surface area contributed by atoms with E-state index in [-0.39, 0.29) is 0 Å². The second-order valence-corrected chi connectivity index (χ2v) is 4.74. The fourth-order valence-corrected chi connectivity index (χ4v) is 2.37. The van der Waals surface area contributed by atoms with E-state index in [2.05, 4.69) is 6.07 Å². The van der Waals surface area contributed by atoms with Crippen molar-refractivity contribution in [1.29, 1.82) is 5.26 Å². The Balaban J connectivity index is 2.10. The Labute approximate surface area is 113 Å². The van der Waals surface area contributed by atoms with Gasteiger partial charge in [-0.25, -0.2) is 4.39 Å². The van der Waals surface area contributed by atoms with Gasteiger partial charge in [0.05, 0.1) is 17.9 Å². The van der Waals surface area contributed by atoms with Crippen molar-refractivity contribution in [2.75, 3.05) is 31.2 Å². The van der Waals surface area contributed by atoms with Gasteiger partial charge in [-0.3, -0.25) is 0 Å². The predicted molar refractivity (Wildman–Crippen MR) is 73.1 cm³/mol. The molecule has 0 N–H and O–H groups in total. The number of hydrogen-bond donors (Lipinski definition) is 0. The van der Waals surface area contributed by atoms with Crippen LogP contribution in [0.15, 0.2) is 18.2 Å². The van der Waals surface area contributed by atoms with Crippen LogP contribution >= 0.6 is 0 Å². The van der Waals surface area contributed by atoms with E-state index in [0.717, 1.165) is 17.7 Å². The molecule has 0 amide bonds. The van der Waals surface area contributed by atoms with Crippen LogP contribution in [0.25, 0.3) is 0 Å². The van der Waals surface area contributed by atoms with Gasteiger partial charge in [0.1, 0.15) is 12.2 Å². The highest BCUT2D eigenvalue weighted by atomic mass is 19.1. The van der Waals surface area contributed by atoms with E-state index in [1.807, 2.05) is 30.0 Å². The molecule has 3 nitrogen and oxygen atoms in total. The molecule has 2 rings (SSSR count). The summed E-state index contributed by atoms with van der Waals surface area (Å²) in [7, 11) is 0. The van der Waals surface area contributed by atoms with Gasteiger partial charge in [0.25, 0.3) is 0 Å². The number of rotatable bonds is 5. The van der Waals surface area contributed by atoms with Crippen LogP contribution < -0.4 is 4.90 Å². The van der Waals surface area contributed by atoms with Crippen LogP contribution in [0.2, 0.25) is 0 Å². The van der Waals surface area contributed by atoms with Crippen molar-refractivity contribution in [3.8, 4) is 6.07 Å². The number of halogens is 1. The van der Waals surface area contributed by atoms with Gasteiger partial charge >= 0.3 is 0 Å². The van der Waals surface area contributed by atoms with Gasteiger partial charge in [0, 0.05) is 19.7 Å². The van der Waals surface area contributed by atoms with Gasteiger partial charge in [-0.1, -0.05) is 6.07 Å². The predicted octanol–water partition coefficient (Wildman–Crippen LogP) is 2.69. The zero-order valence-electron chi connectivity index (χ0n) is 11.2. The van der Waals surface area contributed by atoms with Crippen molar-refractivity contribution in [3.05, 3.63) is 29.3 Å². The average molecular weight is 262 g/mol. The maximum atomic E-state index is 13.2. The van der Waals surface area contributed by atoms with Crippen molar-refractivity contribution in [2.24, 2.45) is 0 Å². The summed E-state index contributed by atoms with van der Waals surface area (Å²) in [6.45, 7) is 4.41. The minimum atomic E-state index is -0.774. The highest BCUT2D eigenvalue weighted by Crippen LogP contribution is 2.26. The molecule has 1 atom stereocenters. The normalized spacial score (nSPS) is 18.6. The third kappa shape index (κ3) is 3.45. The first-order valence-corrected chi connectivity index (χ1v) is 6.74. The number of nitriles is 1. The number of hydrogen-bond acceptors (Lipinski definition) is 3. The second kappa shape index (κ2) is 6.53. The highest BCUT2D eigenvalue weighted by Gasteiger charge is 2.23. The van der Waals surface area contributed by atoms with Crippen LogP contribution in [0.4, 0.5) is 10.1 Å². The molecule has 1 aliphatic heterocycles. The van der Waals surface area contributed by atoms with Gasteiger partial charge in [-0.2, -0.15) is 5.26 Å². The summed E-state index contributed by atoms with van der Waals surface area (Å²) < 4.78 is 18.6. The lowest BCUT2D eigenvalue weighted by molar-refractivity contribution is 0.151. The lowest BCUT2D eigenvalue weighted by atomic mass is 10.1. The van der Waals surface area contributed by atoms with Gasteiger partial charge in [0.15, 0.2) is 0 Å². The lowest BCUT2D eigenvalue weighted by Crippen LogP contribution is -2.21. The summed E-state index contributed by atoms with van der Waals surface area (Å²) in [5.41, 5.74) is 2.57. The van der Waals surface area contributed by atoms with E-state index in [1.54, 1.807) is 0 Å². The molecule has 1 aromatic carbocycles. The molecule has 0 spiro atoms. The molecule has 1 aromatic rings. The Hall–Kier alpha value is -1.60. The molecule has 1 fully saturated rings. The van der Waals surface area contributed by atoms with Crippen LogP contribution in [0.5, 0.6) is 0 Å². The van der Waals surface area contributed by atoms with E-state index in [9.17, 15) is 9.65 Å². The summed E-state index contributed by atoms with van der Waals surface area (Å²) in [5, 5.41) is 9.24. The van der Waals surface area contributed by atoms with E-state index in [0.29, 0.717) is 38.3 Å². The molecule has 0 aliphatic carbocycles. The van der Waals surface area contributed by atoms with Crippen molar-refractivity contribution in [2.45, 2.75) is 25.9 Å². The quantitative estimate of drug-likeness (QED) is 0.765. The smallest absolute Gasteiger partial charge is 0.119 e. The Bertz CT molecular complexity index is 470. The summed E-state index contributed by atoms with van der Waals surface area (Å²) in [6.07, 6.45) is 0.579. The molecule has 4 heteroatoms. The number of alkyl halides is 1. The first-order chi connectivity index (χ1) is 9.24. The first kappa shape index (κ1) is 13.8. The third-order valence-electron chi connectivity index (χ3n) is 3.39.